The van der Waals surface area contributed by atoms with Crippen LogP contribution in [0.3, 0.4) is 0 Å². The average Bonchev–Trinajstić information content (AvgIpc) is 3.25. The fraction of sp³-hybridized carbons (Fsp3) is 0.318. The van der Waals surface area contributed by atoms with Gasteiger partial charge in [0.15, 0.2) is 0 Å². The quantitative estimate of drug-likeness (QED) is 0.726. The molecular formula is C22H22N2O6. The number of hydrogen-bond acceptors (Lipinski definition) is 6. The molecule has 0 saturated carbocycles. The van der Waals surface area contributed by atoms with Gasteiger partial charge in [-0.3, -0.25) is 19.7 Å². The van der Waals surface area contributed by atoms with Crippen LogP contribution in [0, 0.1) is 18.8 Å². The van der Waals surface area contributed by atoms with E-state index in [1.54, 1.807) is 42.5 Å². The van der Waals surface area contributed by atoms with Crippen molar-refractivity contribution in [3.05, 3.63) is 53.6 Å². The molecule has 0 bridgehead atoms. The van der Waals surface area contributed by atoms with Crippen LogP contribution in [0.4, 0.5) is 5.69 Å². The monoisotopic (exact) mass is 410 g/mol. The Kier molecular flexibility index (Phi) is 4.95. The number of aliphatic carboxylic acids is 1. The highest BCUT2D eigenvalue weighted by Crippen LogP contribution is 2.47. The number of carboxylic acids is 1. The molecule has 4 atom stereocenters. The predicted octanol–water partition coefficient (Wildman–Crippen LogP) is 1.92. The van der Waals surface area contributed by atoms with Crippen LogP contribution < -0.4 is 19.7 Å². The Labute approximate surface area is 173 Å². The molecule has 2 fully saturated rings. The predicted molar refractivity (Wildman–Crippen MR) is 107 cm³/mol. The number of methoxy groups -OCH3 is 2. The highest BCUT2D eigenvalue weighted by molar-refractivity contribution is 6.23. The van der Waals surface area contributed by atoms with Gasteiger partial charge in [0.2, 0.25) is 11.8 Å². The van der Waals surface area contributed by atoms with Crippen molar-refractivity contribution in [3.8, 4) is 11.5 Å². The number of nitrogens with one attached hydrogen (secondary N) is 1. The van der Waals surface area contributed by atoms with Crippen LogP contribution >= 0.6 is 0 Å². The fourth-order valence-electron chi connectivity index (χ4n) is 4.35. The van der Waals surface area contributed by atoms with Crippen LogP contribution in [0.2, 0.25) is 0 Å². The molecule has 156 valence electrons. The van der Waals surface area contributed by atoms with Gasteiger partial charge in [-0.1, -0.05) is 23.8 Å². The van der Waals surface area contributed by atoms with Crippen LogP contribution in [0.1, 0.15) is 17.2 Å². The summed E-state index contributed by atoms with van der Waals surface area (Å²) in [6.07, 6.45) is 0. The molecule has 2 heterocycles. The summed E-state index contributed by atoms with van der Waals surface area (Å²) in [5, 5.41) is 12.7. The van der Waals surface area contributed by atoms with E-state index in [1.807, 2.05) is 6.92 Å². The highest BCUT2D eigenvalue weighted by Gasteiger charge is 2.61. The summed E-state index contributed by atoms with van der Waals surface area (Å²) < 4.78 is 10.7. The zero-order valence-electron chi connectivity index (χ0n) is 16.8. The highest BCUT2D eigenvalue weighted by atomic mass is 16.5. The third kappa shape index (κ3) is 3.00. The van der Waals surface area contributed by atoms with Gasteiger partial charge in [-0.2, -0.15) is 0 Å². The minimum Gasteiger partial charge on any atom is -0.497 e. The zero-order chi connectivity index (χ0) is 21.6. The second-order valence-corrected chi connectivity index (χ2v) is 7.47. The number of hydrogen-bond donors (Lipinski definition) is 2. The summed E-state index contributed by atoms with van der Waals surface area (Å²) in [5.41, 5.74) is 2.03. The maximum atomic E-state index is 13.4. The molecule has 2 aliphatic rings. The van der Waals surface area contributed by atoms with E-state index in [-0.39, 0.29) is 0 Å². The number of aryl methyl sites for hydroxylation is 1. The Morgan fingerprint density at radius 3 is 2.27 bits per heavy atom. The Hall–Kier alpha value is -3.39. The van der Waals surface area contributed by atoms with Crippen LogP contribution in [0.15, 0.2) is 42.5 Å². The molecule has 2 aliphatic heterocycles. The lowest BCUT2D eigenvalue weighted by atomic mass is 9.86. The number of carboxylic acid groups (broad SMARTS) is 1. The third-order valence-electron chi connectivity index (χ3n) is 5.81. The van der Waals surface area contributed by atoms with E-state index in [2.05, 4.69) is 5.32 Å². The number of carbonyl (C=O) groups is 3. The number of benzene rings is 2. The van der Waals surface area contributed by atoms with E-state index >= 15 is 0 Å². The van der Waals surface area contributed by atoms with Gasteiger partial charge in [0, 0.05) is 17.7 Å². The Bertz CT molecular complexity index is 1020. The number of fused-ring (bicyclic) bond motifs is 1. The maximum absolute atomic E-state index is 13.4. The van der Waals surface area contributed by atoms with Crippen LogP contribution in [0.5, 0.6) is 11.5 Å². The summed E-state index contributed by atoms with van der Waals surface area (Å²) in [5.74, 6) is -2.96. The van der Waals surface area contributed by atoms with Crippen molar-refractivity contribution < 1.29 is 29.0 Å². The summed E-state index contributed by atoms with van der Waals surface area (Å²) in [4.78, 5) is 39.6. The van der Waals surface area contributed by atoms with E-state index in [0.717, 1.165) is 10.5 Å². The normalized spacial score (nSPS) is 25.4. The van der Waals surface area contributed by atoms with Crippen molar-refractivity contribution in [1.29, 1.82) is 0 Å². The standard InChI is InChI=1S/C22H22N2O6/c1-11-4-6-12(7-5-11)24-20(25)16-17(21(24)26)19(22(27)28)23-18(16)14-9-8-13(29-2)10-15(14)30-3/h4-10,16-19,23H,1-3H3,(H,27,28)/t16-,17+,18-,19-/m0/s1. The van der Waals surface area contributed by atoms with Gasteiger partial charge >= 0.3 is 5.97 Å². The lowest BCUT2D eigenvalue weighted by Gasteiger charge is -2.23. The van der Waals surface area contributed by atoms with Crippen molar-refractivity contribution in [2.45, 2.75) is 19.0 Å². The second-order valence-electron chi connectivity index (χ2n) is 7.47. The first-order valence-corrected chi connectivity index (χ1v) is 9.52. The molecule has 0 spiro atoms. The van der Waals surface area contributed by atoms with Crippen molar-refractivity contribution in [2.24, 2.45) is 11.8 Å². The Morgan fingerprint density at radius 2 is 1.67 bits per heavy atom. The van der Waals surface area contributed by atoms with Crippen molar-refractivity contribution in [1.82, 2.24) is 5.32 Å². The van der Waals surface area contributed by atoms with Gasteiger partial charge in [-0.05, 0) is 25.1 Å². The van der Waals surface area contributed by atoms with Gasteiger partial charge in [0.05, 0.1) is 31.7 Å². The van der Waals surface area contributed by atoms with E-state index in [9.17, 15) is 19.5 Å². The van der Waals surface area contributed by atoms with Crippen LogP contribution in [-0.2, 0) is 14.4 Å². The number of anilines is 1. The van der Waals surface area contributed by atoms with E-state index in [0.29, 0.717) is 22.7 Å². The van der Waals surface area contributed by atoms with Crippen LogP contribution in [0.25, 0.3) is 0 Å². The second kappa shape index (κ2) is 7.46. The van der Waals surface area contributed by atoms with Crippen molar-refractivity contribution in [3.63, 3.8) is 0 Å². The molecule has 0 aromatic heterocycles. The Morgan fingerprint density at radius 1 is 1.00 bits per heavy atom. The molecule has 2 N–H and O–H groups in total. The Balaban J connectivity index is 1.79. The number of rotatable bonds is 5. The largest absolute Gasteiger partial charge is 0.497 e. The summed E-state index contributed by atoms with van der Waals surface area (Å²) in [6.45, 7) is 1.91. The molecule has 0 aliphatic carbocycles. The molecule has 0 unspecified atom stereocenters. The number of carbonyl (C=O) groups excluding carboxylic acids is 2. The first-order chi connectivity index (χ1) is 14.4. The summed E-state index contributed by atoms with van der Waals surface area (Å²) >= 11 is 0. The fourth-order valence-corrected chi connectivity index (χ4v) is 4.35. The number of ether oxygens (including phenoxy) is 2. The molecular weight excluding hydrogens is 388 g/mol. The van der Waals surface area contributed by atoms with Gasteiger partial charge in [0.1, 0.15) is 17.5 Å². The molecule has 8 heteroatoms. The van der Waals surface area contributed by atoms with E-state index < -0.39 is 41.7 Å². The number of imide groups is 1. The molecule has 0 radical (unpaired) electrons. The zero-order valence-corrected chi connectivity index (χ0v) is 16.8. The maximum Gasteiger partial charge on any atom is 0.321 e. The molecule has 8 nitrogen and oxygen atoms in total. The van der Waals surface area contributed by atoms with Crippen molar-refractivity contribution >= 4 is 23.5 Å². The van der Waals surface area contributed by atoms with Crippen molar-refractivity contribution in [2.75, 3.05) is 19.1 Å². The minimum absolute atomic E-state index is 0.423. The minimum atomic E-state index is -1.18. The molecule has 2 amide bonds. The molecule has 4 rings (SSSR count). The smallest absolute Gasteiger partial charge is 0.321 e. The van der Waals surface area contributed by atoms with Gasteiger partial charge in [-0.25, -0.2) is 4.90 Å². The average molecular weight is 410 g/mol. The van der Waals surface area contributed by atoms with Gasteiger partial charge in [0.25, 0.3) is 0 Å². The van der Waals surface area contributed by atoms with E-state index in [4.69, 9.17) is 9.47 Å². The lowest BCUT2D eigenvalue weighted by molar-refractivity contribution is -0.142. The number of amides is 2. The summed E-state index contributed by atoms with van der Waals surface area (Å²) in [7, 11) is 3.01. The first-order valence-electron chi connectivity index (χ1n) is 9.52. The third-order valence-corrected chi connectivity index (χ3v) is 5.81. The SMILES string of the molecule is COc1ccc([C@@H]2N[C@H](C(=O)O)[C@@H]3C(=O)N(c4ccc(C)cc4)C(=O)[C@@H]32)c(OC)c1. The van der Waals surface area contributed by atoms with E-state index in [1.165, 1.54) is 14.2 Å². The topological polar surface area (TPSA) is 105 Å². The molecule has 2 aromatic carbocycles. The van der Waals surface area contributed by atoms with Crippen LogP contribution in [-0.4, -0.2) is 43.2 Å². The molecule has 2 saturated heterocycles. The number of nitrogens with zero attached hydrogens (tertiary/aromatic N) is 1. The van der Waals surface area contributed by atoms with Gasteiger partial charge < -0.3 is 14.6 Å². The first kappa shape index (κ1) is 19.9. The molecule has 30 heavy (non-hydrogen) atoms. The summed E-state index contributed by atoms with van der Waals surface area (Å²) in [6, 6.07) is 10.2. The molecule has 2 aromatic rings. The lowest BCUT2D eigenvalue weighted by Crippen LogP contribution is -2.43. The van der Waals surface area contributed by atoms with Gasteiger partial charge in [-0.15, -0.1) is 0 Å².